The molecule has 1 heteroatoms. The van der Waals surface area contributed by atoms with Gasteiger partial charge in [0.05, 0.1) is 6.10 Å². The average Bonchev–Trinajstić information content (AvgIpc) is 2.30. The molecule has 15 heavy (non-hydrogen) atoms. The minimum Gasteiger partial charge on any atom is -0.393 e. The molecule has 0 aliphatic carbocycles. The van der Waals surface area contributed by atoms with Crippen molar-refractivity contribution in [3.63, 3.8) is 0 Å². The first-order valence-corrected chi connectivity index (χ1v) is 5.36. The number of aliphatic hydroxyl groups is 1. The molecular weight excluding hydrogens is 184 g/mol. The lowest BCUT2D eigenvalue weighted by atomic mass is 10.1. The van der Waals surface area contributed by atoms with E-state index in [2.05, 4.69) is 48.5 Å². The lowest BCUT2D eigenvalue weighted by molar-refractivity contribution is 0.191. The zero-order chi connectivity index (χ0) is 11.1. The highest BCUT2D eigenvalue weighted by Gasteiger charge is 1.85. The normalized spacial score (nSPS) is 11.7. The Morgan fingerprint density at radius 1 is 0.933 bits per heavy atom. The van der Waals surface area contributed by atoms with Crippen LogP contribution in [-0.4, -0.2) is 11.2 Å². The number of rotatable bonds is 1. The Hall–Kier alpha value is -1.34. The molecule has 1 unspecified atom stereocenters. The molecule has 0 aliphatic heterocycles. The molecule has 2 aromatic rings. The fourth-order valence-corrected chi connectivity index (χ4v) is 1.13. The van der Waals surface area contributed by atoms with Gasteiger partial charge in [-0.05, 0) is 24.1 Å². The minimum atomic E-state index is -0.116. The zero-order valence-electron chi connectivity index (χ0n) is 9.35. The van der Waals surface area contributed by atoms with E-state index < -0.39 is 0 Å². The fourth-order valence-electron chi connectivity index (χ4n) is 1.13. The van der Waals surface area contributed by atoms with Crippen LogP contribution in [-0.2, 0) is 0 Å². The smallest absolute Gasteiger partial charge is 0.0509 e. The monoisotopic (exact) mass is 202 g/mol. The summed E-state index contributed by atoms with van der Waals surface area (Å²) < 4.78 is 0. The van der Waals surface area contributed by atoms with E-state index in [9.17, 15) is 0 Å². The molecule has 1 nitrogen and oxygen atoms in total. The lowest BCUT2D eigenvalue weighted by Gasteiger charge is -1.92. The van der Waals surface area contributed by atoms with Crippen LogP contribution < -0.4 is 0 Å². The van der Waals surface area contributed by atoms with Gasteiger partial charge in [0.1, 0.15) is 0 Å². The molecule has 2 aromatic carbocycles. The van der Waals surface area contributed by atoms with Gasteiger partial charge in [-0.3, -0.25) is 0 Å². The predicted molar refractivity (Wildman–Crippen MR) is 65.9 cm³/mol. The maximum absolute atomic E-state index is 8.36. The Bertz CT molecular complexity index is 328. The molecule has 80 valence electrons. The Kier molecular flexibility index (Phi) is 4.85. The highest BCUT2D eigenvalue weighted by atomic mass is 16.3. The molecule has 0 fully saturated rings. The molecule has 1 atom stereocenters. The van der Waals surface area contributed by atoms with Crippen molar-refractivity contribution < 1.29 is 5.11 Å². The molecule has 1 N–H and O–H groups in total. The van der Waals surface area contributed by atoms with E-state index in [1.165, 1.54) is 10.8 Å². The fraction of sp³-hybridized carbons (Fsp3) is 0.286. The average molecular weight is 202 g/mol. The van der Waals surface area contributed by atoms with Crippen LogP contribution in [0.2, 0.25) is 0 Å². The van der Waals surface area contributed by atoms with Crippen LogP contribution in [0.25, 0.3) is 10.8 Å². The lowest BCUT2D eigenvalue weighted by Crippen LogP contribution is -1.93. The van der Waals surface area contributed by atoms with Crippen LogP contribution in [0.15, 0.2) is 48.5 Å². The Balaban J connectivity index is 0.000000195. The van der Waals surface area contributed by atoms with Crippen molar-refractivity contribution >= 4 is 10.8 Å². The van der Waals surface area contributed by atoms with E-state index in [4.69, 9.17) is 5.11 Å². The van der Waals surface area contributed by atoms with E-state index in [-0.39, 0.29) is 6.10 Å². The van der Waals surface area contributed by atoms with Gasteiger partial charge in [-0.2, -0.15) is 0 Å². The second kappa shape index (κ2) is 6.20. The first-order valence-electron chi connectivity index (χ1n) is 5.36. The van der Waals surface area contributed by atoms with Gasteiger partial charge in [0.2, 0.25) is 0 Å². The molecule has 0 saturated carbocycles. The summed E-state index contributed by atoms with van der Waals surface area (Å²) in [6, 6.07) is 16.7. The summed E-state index contributed by atoms with van der Waals surface area (Å²) in [6.07, 6.45) is 0.745. The van der Waals surface area contributed by atoms with E-state index >= 15 is 0 Å². The van der Waals surface area contributed by atoms with Gasteiger partial charge in [-0.15, -0.1) is 0 Å². The summed E-state index contributed by atoms with van der Waals surface area (Å²) >= 11 is 0. The molecule has 2 rings (SSSR count). The van der Waals surface area contributed by atoms with Crippen molar-refractivity contribution in [2.75, 3.05) is 0 Å². The second-order valence-electron chi connectivity index (χ2n) is 3.60. The van der Waals surface area contributed by atoms with Crippen LogP contribution in [0.4, 0.5) is 0 Å². The number of hydrogen-bond donors (Lipinski definition) is 1. The third kappa shape index (κ3) is 4.13. The first-order chi connectivity index (χ1) is 7.24. The van der Waals surface area contributed by atoms with Crippen molar-refractivity contribution in [1.82, 2.24) is 0 Å². The van der Waals surface area contributed by atoms with Crippen LogP contribution in [0.5, 0.6) is 0 Å². The van der Waals surface area contributed by atoms with E-state index in [0.717, 1.165) is 6.42 Å². The third-order valence-electron chi connectivity index (χ3n) is 2.25. The summed E-state index contributed by atoms with van der Waals surface area (Å²) in [5.41, 5.74) is 0. The molecule has 0 radical (unpaired) electrons. The van der Waals surface area contributed by atoms with Crippen LogP contribution in [0, 0.1) is 0 Å². The number of fused-ring (bicyclic) bond motifs is 1. The summed E-state index contributed by atoms with van der Waals surface area (Å²) in [4.78, 5) is 0. The summed E-state index contributed by atoms with van der Waals surface area (Å²) in [5, 5.41) is 11.0. The van der Waals surface area contributed by atoms with E-state index in [0.29, 0.717) is 0 Å². The van der Waals surface area contributed by atoms with Gasteiger partial charge >= 0.3 is 0 Å². The highest BCUT2D eigenvalue weighted by molar-refractivity contribution is 5.81. The molecule has 0 aromatic heterocycles. The summed E-state index contributed by atoms with van der Waals surface area (Å²) in [7, 11) is 0. The summed E-state index contributed by atoms with van der Waals surface area (Å²) in [5.74, 6) is 0. The van der Waals surface area contributed by atoms with Crippen LogP contribution in [0.3, 0.4) is 0 Å². The highest BCUT2D eigenvalue weighted by Crippen LogP contribution is 2.11. The SMILES string of the molecule is CCC(C)O.c1ccc2ccccc2c1. The predicted octanol–water partition coefficient (Wildman–Crippen LogP) is 3.62. The van der Waals surface area contributed by atoms with Gasteiger partial charge in [-0.1, -0.05) is 55.5 Å². The van der Waals surface area contributed by atoms with Gasteiger partial charge in [0, 0.05) is 0 Å². The molecule has 0 bridgehead atoms. The van der Waals surface area contributed by atoms with Crippen molar-refractivity contribution in [2.24, 2.45) is 0 Å². The van der Waals surface area contributed by atoms with Crippen molar-refractivity contribution in [1.29, 1.82) is 0 Å². The topological polar surface area (TPSA) is 20.2 Å². The van der Waals surface area contributed by atoms with E-state index in [1.807, 2.05) is 6.92 Å². The van der Waals surface area contributed by atoms with Gasteiger partial charge in [0.15, 0.2) is 0 Å². The summed E-state index contributed by atoms with van der Waals surface area (Å²) in [6.45, 7) is 3.73. The molecule has 0 amide bonds. The number of hydrogen-bond acceptors (Lipinski definition) is 1. The molecule has 0 saturated heterocycles. The quantitative estimate of drug-likeness (QED) is 0.749. The molecular formula is C14H18O. The molecule has 0 spiro atoms. The maximum atomic E-state index is 8.36. The molecule has 0 aliphatic rings. The van der Waals surface area contributed by atoms with Gasteiger partial charge < -0.3 is 5.11 Å². The van der Waals surface area contributed by atoms with E-state index in [1.54, 1.807) is 6.92 Å². The first kappa shape index (κ1) is 11.7. The van der Waals surface area contributed by atoms with Gasteiger partial charge in [-0.25, -0.2) is 0 Å². The Labute approximate surface area is 91.4 Å². The van der Waals surface area contributed by atoms with Crippen molar-refractivity contribution in [3.05, 3.63) is 48.5 Å². The zero-order valence-corrected chi connectivity index (χ0v) is 9.35. The number of benzene rings is 2. The standard InChI is InChI=1S/C10H8.C4H10O/c1-2-6-10-8-4-3-7-9(10)5-1;1-3-4(2)5/h1-8H;4-5H,3H2,1-2H3. The second-order valence-corrected chi connectivity index (χ2v) is 3.60. The largest absolute Gasteiger partial charge is 0.393 e. The van der Waals surface area contributed by atoms with Crippen molar-refractivity contribution in [3.8, 4) is 0 Å². The van der Waals surface area contributed by atoms with Gasteiger partial charge in [0.25, 0.3) is 0 Å². The maximum Gasteiger partial charge on any atom is 0.0509 e. The third-order valence-corrected chi connectivity index (χ3v) is 2.25. The Morgan fingerprint density at radius 2 is 1.20 bits per heavy atom. The van der Waals surface area contributed by atoms with Crippen LogP contribution >= 0.6 is 0 Å². The number of aliphatic hydroxyl groups excluding tert-OH is 1. The Morgan fingerprint density at radius 3 is 1.40 bits per heavy atom. The van der Waals surface area contributed by atoms with Crippen molar-refractivity contribution in [2.45, 2.75) is 26.4 Å². The molecule has 0 heterocycles. The van der Waals surface area contributed by atoms with Crippen LogP contribution in [0.1, 0.15) is 20.3 Å². The minimum absolute atomic E-state index is 0.116.